The Balaban J connectivity index is 1.10. The van der Waals surface area contributed by atoms with E-state index in [-0.39, 0.29) is 5.54 Å². The Bertz CT molecular complexity index is 945. The van der Waals surface area contributed by atoms with Gasteiger partial charge in [0.25, 0.3) is 5.91 Å². The Kier molecular flexibility index (Phi) is 5.04. The molecule has 31 heavy (non-hydrogen) atoms. The van der Waals surface area contributed by atoms with Crippen molar-refractivity contribution in [2.24, 2.45) is 17.8 Å². The molecule has 1 aromatic carbocycles. The van der Waals surface area contributed by atoms with Crippen LogP contribution < -0.4 is 10.6 Å². The predicted octanol–water partition coefficient (Wildman–Crippen LogP) is 3.43. The molecule has 0 atom stereocenters. The fraction of sp³-hybridized carbons (Fsp3) is 0.458. The van der Waals surface area contributed by atoms with E-state index < -0.39 is 24.5 Å². The van der Waals surface area contributed by atoms with Crippen LogP contribution in [0.25, 0.3) is 5.69 Å². The van der Waals surface area contributed by atoms with Gasteiger partial charge in [-0.15, -0.1) is 0 Å². The molecule has 162 valence electrons. The highest BCUT2D eigenvalue weighted by Crippen LogP contribution is 2.55. The molecule has 7 heteroatoms. The Hall–Kier alpha value is -3.09. The first-order chi connectivity index (χ1) is 15.0. The number of carbonyl (C=O) groups is 3. The van der Waals surface area contributed by atoms with Crippen LogP contribution in [-0.2, 0) is 9.53 Å². The Morgan fingerprint density at radius 1 is 0.935 bits per heavy atom. The molecule has 0 saturated heterocycles. The summed E-state index contributed by atoms with van der Waals surface area (Å²) < 4.78 is 7.00. The molecule has 0 spiro atoms. The first-order valence-electron chi connectivity index (χ1n) is 11.0. The van der Waals surface area contributed by atoms with E-state index in [1.807, 2.05) is 29.1 Å². The first kappa shape index (κ1) is 19.8. The van der Waals surface area contributed by atoms with Crippen LogP contribution in [0.3, 0.4) is 0 Å². The molecule has 3 amide bonds. The van der Waals surface area contributed by atoms with Gasteiger partial charge in [0, 0.05) is 23.6 Å². The summed E-state index contributed by atoms with van der Waals surface area (Å²) in [6.07, 6.45) is 10.7. The molecule has 4 aliphatic rings. The van der Waals surface area contributed by atoms with Crippen molar-refractivity contribution in [1.82, 2.24) is 15.2 Å². The lowest BCUT2D eigenvalue weighted by molar-refractivity contribution is -0.123. The zero-order valence-corrected chi connectivity index (χ0v) is 17.4. The van der Waals surface area contributed by atoms with Crippen molar-refractivity contribution in [2.75, 3.05) is 6.61 Å². The number of benzene rings is 1. The third-order valence-electron chi connectivity index (χ3n) is 7.01. The van der Waals surface area contributed by atoms with Crippen LogP contribution in [0.4, 0.5) is 4.79 Å². The monoisotopic (exact) mass is 421 g/mol. The normalized spacial score (nSPS) is 28.2. The molecule has 6 rings (SSSR count). The summed E-state index contributed by atoms with van der Waals surface area (Å²) in [6.45, 7) is -0.494. The van der Waals surface area contributed by atoms with Crippen molar-refractivity contribution in [1.29, 1.82) is 0 Å². The maximum absolute atomic E-state index is 12.4. The number of imide groups is 1. The molecule has 1 aromatic heterocycles. The minimum absolute atomic E-state index is 0.169. The number of urea groups is 1. The van der Waals surface area contributed by atoms with Gasteiger partial charge in [-0.1, -0.05) is 0 Å². The van der Waals surface area contributed by atoms with E-state index in [1.165, 1.54) is 19.3 Å². The third kappa shape index (κ3) is 4.22. The minimum Gasteiger partial charge on any atom is -0.452 e. The lowest BCUT2D eigenvalue weighted by Crippen LogP contribution is -2.62. The Morgan fingerprint density at radius 3 is 2.10 bits per heavy atom. The summed E-state index contributed by atoms with van der Waals surface area (Å²) in [5.41, 5.74) is 1.10. The molecule has 0 aliphatic heterocycles. The molecule has 1 heterocycles. The lowest BCUT2D eigenvalue weighted by atomic mass is 9.53. The fourth-order valence-electron chi connectivity index (χ4n) is 6.19. The second kappa shape index (κ2) is 7.87. The summed E-state index contributed by atoms with van der Waals surface area (Å²) in [4.78, 5) is 36.8. The summed E-state index contributed by atoms with van der Waals surface area (Å²) in [5, 5.41) is 5.40. The first-order valence-corrected chi connectivity index (χ1v) is 11.0. The summed E-state index contributed by atoms with van der Waals surface area (Å²) >= 11 is 0. The van der Waals surface area contributed by atoms with Crippen molar-refractivity contribution in [2.45, 2.75) is 44.1 Å². The second-order valence-corrected chi connectivity index (χ2v) is 9.41. The average molecular weight is 421 g/mol. The highest BCUT2D eigenvalue weighted by Gasteiger charge is 2.51. The zero-order chi connectivity index (χ0) is 21.4. The average Bonchev–Trinajstić information content (AvgIpc) is 3.25. The minimum atomic E-state index is -0.625. The van der Waals surface area contributed by atoms with E-state index in [1.54, 1.807) is 24.3 Å². The van der Waals surface area contributed by atoms with Crippen molar-refractivity contribution < 1.29 is 19.1 Å². The van der Waals surface area contributed by atoms with Crippen LogP contribution in [0, 0.1) is 17.8 Å². The maximum atomic E-state index is 12.4. The number of hydrogen-bond donors (Lipinski definition) is 2. The third-order valence-corrected chi connectivity index (χ3v) is 7.01. The Labute approximate surface area is 181 Å². The van der Waals surface area contributed by atoms with Gasteiger partial charge in [-0.25, -0.2) is 9.59 Å². The van der Waals surface area contributed by atoms with Crippen molar-refractivity contribution >= 4 is 17.9 Å². The molecule has 2 aromatic rings. The lowest BCUT2D eigenvalue weighted by Gasteiger charge is -2.56. The van der Waals surface area contributed by atoms with Crippen molar-refractivity contribution in [3.8, 4) is 5.69 Å². The van der Waals surface area contributed by atoms with Crippen LogP contribution in [0.2, 0.25) is 0 Å². The van der Waals surface area contributed by atoms with Gasteiger partial charge in [0.2, 0.25) is 0 Å². The van der Waals surface area contributed by atoms with E-state index in [9.17, 15) is 14.4 Å². The van der Waals surface area contributed by atoms with E-state index >= 15 is 0 Å². The standard InChI is InChI=1S/C24H27N3O4/c28-21(15-31-22(29)19-3-5-20(6-4-19)27-7-1-2-8-27)25-23(30)26-24-12-16-9-17(13-24)11-18(10-16)14-24/h1-8,16-18H,9-15H2,(H2,25,26,28,30). The number of nitrogens with zero attached hydrogens (tertiary/aromatic N) is 1. The largest absolute Gasteiger partial charge is 0.452 e. The SMILES string of the molecule is O=C(COC(=O)c1ccc(-n2cccc2)cc1)NC(=O)NC12CC3CC(CC(C3)C1)C2. The van der Waals surface area contributed by atoms with Crippen molar-refractivity contribution in [3.63, 3.8) is 0 Å². The number of aromatic nitrogens is 1. The molecule has 0 unspecified atom stereocenters. The molecular weight excluding hydrogens is 394 g/mol. The van der Waals surface area contributed by atoms with E-state index in [0.717, 1.165) is 24.9 Å². The number of carbonyl (C=O) groups excluding carboxylic acids is 3. The highest BCUT2D eigenvalue weighted by molar-refractivity contribution is 5.97. The molecule has 4 fully saturated rings. The molecule has 0 radical (unpaired) electrons. The molecule has 4 saturated carbocycles. The number of hydrogen-bond acceptors (Lipinski definition) is 4. The molecule has 7 nitrogen and oxygen atoms in total. The topological polar surface area (TPSA) is 89.4 Å². The molecule has 4 bridgehead atoms. The maximum Gasteiger partial charge on any atom is 0.338 e. The number of rotatable bonds is 5. The second-order valence-electron chi connectivity index (χ2n) is 9.41. The van der Waals surface area contributed by atoms with Gasteiger partial charge in [-0.05, 0) is 92.7 Å². The summed E-state index contributed by atoms with van der Waals surface area (Å²) in [7, 11) is 0. The van der Waals surface area contributed by atoms with Gasteiger partial charge >= 0.3 is 12.0 Å². The van der Waals surface area contributed by atoms with Crippen LogP contribution in [0.5, 0.6) is 0 Å². The zero-order valence-electron chi connectivity index (χ0n) is 17.4. The molecule has 4 aliphatic carbocycles. The Morgan fingerprint density at radius 2 is 1.52 bits per heavy atom. The van der Waals surface area contributed by atoms with Crippen molar-refractivity contribution in [3.05, 3.63) is 54.4 Å². The van der Waals surface area contributed by atoms with Gasteiger partial charge < -0.3 is 14.6 Å². The van der Waals surface area contributed by atoms with Gasteiger partial charge in [-0.2, -0.15) is 0 Å². The summed E-state index contributed by atoms with van der Waals surface area (Å²) in [6, 6.07) is 10.2. The number of esters is 1. The number of nitrogens with one attached hydrogen (secondary N) is 2. The molecule has 2 N–H and O–H groups in total. The predicted molar refractivity (Wildman–Crippen MR) is 114 cm³/mol. The summed E-state index contributed by atoms with van der Waals surface area (Å²) in [5.74, 6) is 0.876. The fourth-order valence-corrected chi connectivity index (χ4v) is 6.19. The molecular formula is C24H27N3O4. The number of amides is 3. The van der Waals surface area contributed by atoms with E-state index in [4.69, 9.17) is 4.74 Å². The van der Waals surface area contributed by atoms with Crippen LogP contribution >= 0.6 is 0 Å². The smallest absolute Gasteiger partial charge is 0.338 e. The van der Waals surface area contributed by atoms with Crippen LogP contribution in [0.15, 0.2) is 48.8 Å². The van der Waals surface area contributed by atoms with E-state index in [2.05, 4.69) is 10.6 Å². The number of ether oxygens (including phenoxy) is 1. The van der Waals surface area contributed by atoms with Gasteiger partial charge in [0.15, 0.2) is 6.61 Å². The quantitative estimate of drug-likeness (QED) is 0.724. The van der Waals surface area contributed by atoms with Crippen LogP contribution in [0.1, 0.15) is 48.9 Å². The van der Waals surface area contributed by atoms with Gasteiger partial charge in [0.05, 0.1) is 5.56 Å². The van der Waals surface area contributed by atoms with Crippen LogP contribution in [-0.4, -0.2) is 34.6 Å². The highest BCUT2D eigenvalue weighted by atomic mass is 16.5. The van der Waals surface area contributed by atoms with E-state index in [0.29, 0.717) is 23.3 Å². The van der Waals surface area contributed by atoms with Gasteiger partial charge in [-0.3, -0.25) is 10.1 Å². The van der Waals surface area contributed by atoms with Gasteiger partial charge in [0.1, 0.15) is 0 Å².